The van der Waals surface area contributed by atoms with Crippen molar-refractivity contribution in [1.82, 2.24) is 9.80 Å². The van der Waals surface area contributed by atoms with E-state index in [4.69, 9.17) is 16.3 Å². The van der Waals surface area contributed by atoms with Gasteiger partial charge in [-0.05, 0) is 48.4 Å². The number of ether oxygens (including phenoxy) is 1. The molecule has 6 nitrogen and oxygen atoms in total. The highest BCUT2D eigenvalue weighted by Crippen LogP contribution is 2.38. The van der Waals surface area contributed by atoms with E-state index in [2.05, 4.69) is 4.90 Å². The molecule has 0 bridgehead atoms. The smallest absolute Gasteiger partial charge is 0.291 e. The van der Waals surface area contributed by atoms with Gasteiger partial charge >= 0.3 is 0 Å². The minimum absolute atomic E-state index is 0.308. The molecule has 4 rings (SSSR count). The average molecular weight is 459 g/mol. The lowest BCUT2D eigenvalue weighted by atomic mass is 9.86. The maximum atomic E-state index is 13.5. The Labute approximate surface area is 190 Å². The van der Waals surface area contributed by atoms with Crippen molar-refractivity contribution in [3.8, 4) is 0 Å². The standard InChI is InChI=1S/C24H24ClFN2O4/c25-18-6-2-17(3-7-18)22(29)20-21(16-4-8-19(26)9-5-16)28(24(31)23(20)30)11-1-10-27-12-14-32-15-13-27/h2-9,20-21H,1,10-15H2. The fourth-order valence-corrected chi connectivity index (χ4v) is 4.47. The topological polar surface area (TPSA) is 66.9 Å². The third kappa shape index (κ3) is 4.75. The molecule has 2 aliphatic heterocycles. The number of nitrogens with zero attached hydrogens (tertiary/aromatic N) is 2. The van der Waals surface area contributed by atoms with Gasteiger partial charge in [-0.1, -0.05) is 23.7 Å². The van der Waals surface area contributed by atoms with Gasteiger partial charge in [0.2, 0.25) is 5.78 Å². The fourth-order valence-electron chi connectivity index (χ4n) is 4.34. The number of carbonyl (C=O) groups is 3. The summed E-state index contributed by atoms with van der Waals surface area (Å²) in [5.41, 5.74) is 0.868. The number of hydrogen-bond acceptors (Lipinski definition) is 5. The van der Waals surface area contributed by atoms with Gasteiger partial charge in [0, 0.05) is 36.8 Å². The predicted molar refractivity (Wildman–Crippen MR) is 117 cm³/mol. The Bertz CT molecular complexity index is 990. The molecule has 2 saturated heterocycles. The molecule has 32 heavy (non-hydrogen) atoms. The van der Waals surface area contributed by atoms with E-state index in [0.717, 1.165) is 19.6 Å². The Kier molecular flexibility index (Phi) is 6.98. The second-order valence-corrected chi connectivity index (χ2v) is 8.45. The molecule has 0 aliphatic carbocycles. The molecular formula is C24H24ClFN2O4. The van der Waals surface area contributed by atoms with Crippen LogP contribution in [0.25, 0.3) is 0 Å². The number of morpholine rings is 1. The van der Waals surface area contributed by atoms with Crippen molar-refractivity contribution >= 4 is 29.1 Å². The third-order valence-electron chi connectivity index (χ3n) is 6.01. The number of rotatable bonds is 7. The van der Waals surface area contributed by atoms with Crippen LogP contribution in [0.4, 0.5) is 4.39 Å². The molecule has 2 aromatic rings. The molecule has 2 fully saturated rings. The molecule has 0 saturated carbocycles. The van der Waals surface area contributed by atoms with Crippen molar-refractivity contribution in [1.29, 1.82) is 0 Å². The summed E-state index contributed by atoms with van der Waals surface area (Å²) in [5, 5.41) is 0.468. The molecule has 0 aromatic heterocycles. The lowest BCUT2D eigenvalue weighted by Crippen LogP contribution is -2.39. The minimum atomic E-state index is -1.18. The van der Waals surface area contributed by atoms with Gasteiger partial charge in [0.1, 0.15) is 11.7 Å². The van der Waals surface area contributed by atoms with E-state index in [9.17, 15) is 18.8 Å². The molecule has 0 spiro atoms. The highest BCUT2D eigenvalue weighted by Gasteiger charge is 2.51. The molecule has 0 radical (unpaired) electrons. The summed E-state index contributed by atoms with van der Waals surface area (Å²) >= 11 is 5.92. The number of benzene rings is 2. The number of likely N-dealkylation sites (tertiary alicyclic amines) is 1. The van der Waals surface area contributed by atoms with Crippen molar-refractivity contribution in [3.63, 3.8) is 0 Å². The van der Waals surface area contributed by atoms with Crippen LogP contribution >= 0.6 is 11.6 Å². The molecule has 1 amide bonds. The lowest BCUT2D eigenvalue weighted by molar-refractivity contribution is -0.140. The minimum Gasteiger partial charge on any atom is -0.379 e. The van der Waals surface area contributed by atoms with Crippen LogP contribution in [0.1, 0.15) is 28.4 Å². The van der Waals surface area contributed by atoms with Crippen LogP contribution in [0, 0.1) is 11.7 Å². The molecular weight excluding hydrogens is 435 g/mol. The SMILES string of the molecule is O=C1C(=O)N(CCCN2CCOCC2)C(c2ccc(F)cc2)C1C(=O)c1ccc(Cl)cc1. The number of hydrogen-bond donors (Lipinski definition) is 0. The largest absolute Gasteiger partial charge is 0.379 e. The van der Waals surface area contributed by atoms with Crippen molar-refractivity contribution < 1.29 is 23.5 Å². The first kappa shape index (κ1) is 22.6. The van der Waals surface area contributed by atoms with E-state index in [-0.39, 0.29) is 0 Å². The van der Waals surface area contributed by atoms with Crippen LogP contribution in [0.15, 0.2) is 48.5 Å². The van der Waals surface area contributed by atoms with Crippen LogP contribution in [-0.2, 0) is 14.3 Å². The van der Waals surface area contributed by atoms with Crippen molar-refractivity contribution in [3.05, 3.63) is 70.5 Å². The van der Waals surface area contributed by atoms with Gasteiger partial charge in [-0.3, -0.25) is 19.3 Å². The van der Waals surface area contributed by atoms with Gasteiger partial charge in [-0.2, -0.15) is 0 Å². The molecule has 8 heteroatoms. The Hall–Kier alpha value is -2.61. The summed E-state index contributed by atoms with van der Waals surface area (Å²) in [7, 11) is 0. The monoisotopic (exact) mass is 458 g/mol. The summed E-state index contributed by atoms with van der Waals surface area (Å²) in [4.78, 5) is 42.9. The zero-order valence-corrected chi connectivity index (χ0v) is 18.3. The number of ketones is 2. The first-order valence-corrected chi connectivity index (χ1v) is 11.0. The van der Waals surface area contributed by atoms with Crippen LogP contribution in [-0.4, -0.2) is 66.7 Å². The van der Waals surface area contributed by atoms with Gasteiger partial charge in [-0.25, -0.2) is 4.39 Å². The van der Waals surface area contributed by atoms with E-state index in [1.807, 2.05) is 0 Å². The molecule has 2 unspecified atom stereocenters. The molecule has 2 aromatic carbocycles. The third-order valence-corrected chi connectivity index (χ3v) is 6.26. The summed E-state index contributed by atoms with van der Waals surface area (Å²) in [6, 6.07) is 11.1. The van der Waals surface area contributed by atoms with Crippen molar-refractivity contribution in [2.45, 2.75) is 12.5 Å². The maximum Gasteiger partial charge on any atom is 0.291 e. The predicted octanol–water partition coefficient (Wildman–Crippen LogP) is 3.15. The van der Waals surface area contributed by atoms with Gasteiger partial charge in [0.25, 0.3) is 5.91 Å². The highest BCUT2D eigenvalue weighted by molar-refractivity contribution is 6.44. The fraction of sp³-hybridized carbons (Fsp3) is 0.375. The first-order valence-electron chi connectivity index (χ1n) is 10.7. The first-order chi connectivity index (χ1) is 15.5. The summed E-state index contributed by atoms with van der Waals surface area (Å²) < 4.78 is 18.9. The number of halogens is 2. The van der Waals surface area contributed by atoms with Gasteiger partial charge in [-0.15, -0.1) is 0 Å². The van der Waals surface area contributed by atoms with Crippen LogP contribution in [0.2, 0.25) is 5.02 Å². The molecule has 2 atom stereocenters. The van der Waals surface area contributed by atoms with Crippen molar-refractivity contribution in [2.75, 3.05) is 39.4 Å². The second-order valence-electron chi connectivity index (χ2n) is 8.02. The number of carbonyl (C=O) groups excluding carboxylic acids is 3. The van der Waals surface area contributed by atoms with Crippen LogP contribution in [0.3, 0.4) is 0 Å². The zero-order valence-electron chi connectivity index (χ0n) is 17.5. The van der Waals surface area contributed by atoms with E-state index in [1.54, 1.807) is 24.3 Å². The van der Waals surface area contributed by atoms with Gasteiger partial charge in [0.15, 0.2) is 5.78 Å². The van der Waals surface area contributed by atoms with Crippen LogP contribution < -0.4 is 0 Å². The number of Topliss-reactive ketones (excluding diaryl/α,β-unsaturated/α-hetero) is 2. The summed E-state index contributed by atoms with van der Waals surface area (Å²) in [6.45, 7) is 4.09. The second kappa shape index (κ2) is 9.90. The quantitative estimate of drug-likeness (QED) is 0.362. The maximum absolute atomic E-state index is 13.5. The van der Waals surface area contributed by atoms with E-state index in [1.165, 1.54) is 29.2 Å². The van der Waals surface area contributed by atoms with Gasteiger partial charge < -0.3 is 9.64 Å². The Morgan fingerprint density at radius 3 is 2.31 bits per heavy atom. The molecule has 168 valence electrons. The van der Waals surface area contributed by atoms with E-state index >= 15 is 0 Å². The molecule has 2 heterocycles. The Morgan fingerprint density at radius 1 is 1.00 bits per heavy atom. The average Bonchev–Trinajstić information content (AvgIpc) is 3.05. The molecule has 2 aliphatic rings. The van der Waals surface area contributed by atoms with E-state index < -0.39 is 35.3 Å². The summed E-state index contributed by atoms with van der Waals surface area (Å²) in [5.74, 6) is -3.45. The number of amides is 1. The van der Waals surface area contributed by atoms with Crippen LogP contribution in [0.5, 0.6) is 0 Å². The normalized spacial score (nSPS) is 21.9. The molecule has 0 N–H and O–H groups in total. The van der Waals surface area contributed by atoms with Crippen molar-refractivity contribution in [2.24, 2.45) is 5.92 Å². The Balaban J connectivity index is 1.60. The highest BCUT2D eigenvalue weighted by atomic mass is 35.5. The zero-order chi connectivity index (χ0) is 22.7. The van der Waals surface area contributed by atoms with Gasteiger partial charge in [0.05, 0.1) is 19.3 Å². The summed E-state index contributed by atoms with van der Waals surface area (Å²) in [6.07, 6.45) is 0.651. The lowest BCUT2D eigenvalue weighted by Gasteiger charge is -2.30. The Morgan fingerprint density at radius 2 is 1.66 bits per heavy atom. The van der Waals surface area contributed by atoms with E-state index in [0.29, 0.717) is 42.3 Å².